The molecule has 0 fully saturated rings. The molecule has 18 heavy (non-hydrogen) atoms. The van der Waals surface area contributed by atoms with Crippen LogP contribution in [0.25, 0.3) is 0 Å². The van der Waals surface area contributed by atoms with Crippen molar-refractivity contribution < 1.29 is 14.6 Å². The third kappa shape index (κ3) is 4.33. The Morgan fingerprint density at radius 1 is 1.44 bits per heavy atom. The summed E-state index contributed by atoms with van der Waals surface area (Å²) in [6.07, 6.45) is 0.956. The molecule has 0 heterocycles. The van der Waals surface area contributed by atoms with E-state index in [0.717, 1.165) is 5.56 Å². The number of ether oxygens (including phenoxy) is 1. The molecule has 0 saturated carbocycles. The first-order valence-electron chi connectivity index (χ1n) is 6.02. The number of alkyl halides is 1. The van der Waals surface area contributed by atoms with Crippen LogP contribution < -0.4 is 0 Å². The van der Waals surface area contributed by atoms with E-state index in [4.69, 9.17) is 9.84 Å². The molecular formula is C14H19IO3. The Kier molecular flexibility index (Phi) is 6.25. The highest BCUT2D eigenvalue weighted by Gasteiger charge is 2.33. The van der Waals surface area contributed by atoms with Crippen molar-refractivity contribution in [2.24, 2.45) is 0 Å². The van der Waals surface area contributed by atoms with E-state index in [1.165, 1.54) is 0 Å². The largest absolute Gasteiger partial charge is 0.393 e. The zero-order chi connectivity index (χ0) is 13.6. The summed E-state index contributed by atoms with van der Waals surface area (Å²) in [7, 11) is 0. The first-order chi connectivity index (χ1) is 8.51. The van der Waals surface area contributed by atoms with Gasteiger partial charge in [-0.25, -0.2) is 0 Å². The summed E-state index contributed by atoms with van der Waals surface area (Å²) in [6, 6.07) is 9.63. The number of aliphatic hydroxyl groups excluding tert-OH is 1. The fourth-order valence-corrected chi connectivity index (χ4v) is 2.20. The lowest BCUT2D eigenvalue weighted by atomic mass is 9.92. The van der Waals surface area contributed by atoms with Gasteiger partial charge in [-0.1, -0.05) is 37.3 Å². The van der Waals surface area contributed by atoms with Crippen molar-refractivity contribution in [2.45, 2.75) is 36.4 Å². The zero-order valence-electron chi connectivity index (χ0n) is 10.7. The predicted molar refractivity (Wildman–Crippen MR) is 79.8 cm³/mol. The van der Waals surface area contributed by atoms with Gasteiger partial charge in [0.05, 0.1) is 6.61 Å². The van der Waals surface area contributed by atoms with Crippen LogP contribution in [-0.2, 0) is 16.0 Å². The molecule has 0 amide bonds. The number of carbonyl (C=O) groups is 1. The second-order valence-electron chi connectivity index (χ2n) is 4.38. The lowest BCUT2D eigenvalue weighted by Gasteiger charge is -2.29. The van der Waals surface area contributed by atoms with Gasteiger partial charge in [0, 0.05) is 6.42 Å². The van der Waals surface area contributed by atoms with Gasteiger partial charge in [0.2, 0.25) is 0 Å². The highest BCUT2D eigenvalue weighted by molar-refractivity contribution is 14.1. The van der Waals surface area contributed by atoms with Crippen molar-refractivity contribution >= 4 is 28.4 Å². The fourth-order valence-electron chi connectivity index (χ4n) is 1.63. The summed E-state index contributed by atoms with van der Waals surface area (Å²) in [5.74, 6) is 0.0475. The summed E-state index contributed by atoms with van der Waals surface area (Å²) in [5, 5.41) is 9.02. The summed E-state index contributed by atoms with van der Waals surface area (Å²) >= 11 is 1.99. The summed E-state index contributed by atoms with van der Waals surface area (Å²) in [4.78, 5) is 12.3. The van der Waals surface area contributed by atoms with Gasteiger partial charge in [-0.15, -0.1) is 0 Å². The van der Waals surface area contributed by atoms with E-state index >= 15 is 0 Å². The van der Waals surface area contributed by atoms with E-state index < -0.39 is 5.60 Å². The number of aliphatic hydroxyl groups is 1. The quantitative estimate of drug-likeness (QED) is 0.599. The van der Waals surface area contributed by atoms with E-state index in [9.17, 15) is 4.79 Å². The molecule has 1 rings (SSSR count). The average molecular weight is 362 g/mol. The van der Waals surface area contributed by atoms with E-state index in [1.807, 2.05) is 59.8 Å². The molecule has 0 bridgehead atoms. The van der Waals surface area contributed by atoms with Gasteiger partial charge in [0.25, 0.3) is 0 Å². The lowest BCUT2D eigenvalue weighted by Crippen LogP contribution is -2.41. The van der Waals surface area contributed by atoms with Gasteiger partial charge in [-0.2, -0.15) is 0 Å². The van der Waals surface area contributed by atoms with E-state index in [-0.39, 0.29) is 16.5 Å². The Balaban J connectivity index is 2.73. The minimum atomic E-state index is -0.829. The maximum atomic E-state index is 12.3. The molecule has 4 heteroatoms. The standard InChI is InChI=1S/C14H19IO3/c1-3-14(2,18-13(15)10-16)12(17)9-11-7-5-4-6-8-11/h4-8,13,16H,3,9-10H2,1-2H3. The molecule has 0 radical (unpaired) electrons. The van der Waals surface area contributed by atoms with Crippen LogP contribution in [0.2, 0.25) is 0 Å². The van der Waals surface area contributed by atoms with Gasteiger partial charge in [-0.05, 0) is 41.5 Å². The fraction of sp³-hybridized carbons (Fsp3) is 0.500. The molecular weight excluding hydrogens is 343 g/mol. The van der Waals surface area contributed by atoms with Gasteiger partial charge in [0.1, 0.15) is 9.71 Å². The molecule has 1 N–H and O–H groups in total. The molecule has 100 valence electrons. The average Bonchev–Trinajstić information content (AvgIpc) is 2.39. The number of hydrogen-bond donors (Lipinski definition) is 1. The minimum absolute atomic E-state index is 0.0475. The minimum Gasteiger partial charge on any atom is -0.393 e. The highest BCUT2D eigenvalue weighted by Crippen LogP contribution is 2.23. The van der Waals surface area contributed by atoms with E-state index in [1.54, 1.807) is 6.92 Å². The Bertz CT molecular complexity index is 380. The molecule has 1 aromatic rings. The number of benzene rings is 1. The second kappa shape index (κ2) is 7.21. The predicted octanol–water partition coefficient (Wildman–Crippen LogP) is 2.74. The molecule has 0 aromatic heterocycles. The van der Waals surface area contributed by atoms with Crippen LogP contribution in [0.3, 0.4) is 0 Å². The Morgan fingerprint density at radius 3 is 2.56 bits per heavy atom. The maximum absolute atomic E-state index is 12.3. The van der Waals surface area contributed by atoms with Crippen molar-refractivity contribution in [1.82, 2.24) is 0 Å². The zero-order valence-corrected chi connectivity index (χ0v) is 12.9. The van der Waals surface area contributed by atoms with Crippen LogP contribution >= 0.6 is 22.6 Å². The van der Waals surface area contributed by atoms with Crippen LogP contribution in [0.1, 0.15) is 25.8 Å². The number of hydrogen-bond acceptors (Lipinski definition) is 3. The maximum Gasteiger partial charge on any atom is 0.168 e. The molecule has 0 aliphatic rings. The van der Waals surface area contributed by atoms with Crippen molar-refractivity contribution in [3.8, 4) is 0 Å². The van der Waals surface area contributed by atoms with Crippen LogP contribution in [0.4, 0.5) is 0 Å². The monoisotopic (exact) mass is 362 g/mol. The Morgan fingerprint density at radius 2 is 2.06 bits per heavy atom. The van der Waals surface area contributed by atoms with Crippen LogP contribution in [0.5, 0.6) is 0 Å². The second-order valence-corrected chi connectivity index (χ2v) is 5.77. The lowest BCUT2D eigenvalue weighted by molar-refractivity contribution is -0.144. The first kappa shape index (κ1) is 15.6. The number of rotatable bonds is 7. The summed E-state index contributed by atoms with van der Waals surface area (Å²) in [6.45, 7) is 3.62. The van der Waals surface area contributed by atoms with Gasteiger partial charge in [0.15, 0.2) is 5.78 Å². The number of Topliss-reactive ketones (excluding diaryl/α,β-unsaturated/α-hetero) is 1. The summed E-state index contributed by atoms with van der Waals surface area (Å²) in [5.41, 5.74) is 0.157. The third-order valence-corrected chi connectivity index (χ3v) is 3.65. The first-order valence-corrected chi connectivity index (χ1v) is 7.26. The van der Waals surface area contributed by atoms with Crippen molar-refractivity contribution in [2.75, 3.05) is 6.61 Å². The molecule has 3 nitrogen and oxygen atoms in total. The van der Waals surface area contributed by atoms with Crippen LogP contribution in [0, 0.1) is 0 Å². The highest BCUT2D eigenvalue weighted by atomic mass is 127. The van der Waals surface area contributed by atoms with Crippen molar-refractivity contribution in [3.05, 3.63) is 35.9 Å². The molecule has 0 aliphatic carbocycles. The van der Waals surface area contributed by atoms with E-state index in [2.05, 4.69) is 0 Å². The van der Waals surface area contributed by atoms with Gasteiger partial charge < -0.3 is 9.84 Å². The van der Waals surface area contributed by atoms with Crippen LogP contribution in [0.15, 0.2) is 30.3 Å². The normalized spacial score (nSPS) is 16.0. The molecule has 0 spiro atoms. The molecule has 2 unspecified atom stereocenters. The smallest absolute Gasteiger partial charge is 0.168 e. The van der Waals surface area contributed by atoms with E-state index in [0.29, 0.717) is 12.8 Å². The van der Waals surface area contributed by atoms with Crippen molar-refractivity contribution in [1.29, 1.82) is 0 Å². The number of halogens is 1. The van der Waals surface area contributed by atoms with Crippen LogP contribution in [-0.4, -0.2) is 27.2 Å². The Hall–Kier alpha value is -0.460. The summed E-state index contributed by atoms with van der Waals surface area (Å²) < 4.78 is 5.30. The number of ketones is 1. The van der Waals surface area contributed by atoms with Gasteiger partial charge >= 0.3 is 0 Å². The third-order valence-electron chi connectivity index (χ3n) is 3.00. The SMILES string of the molecule is CCC(C)(OC(I)CO)C(=O)Cc1ccccc1. The molecule has 1 aromatic carbocycles. The number of carbonyl (C=O) groups excluding carboxylic acids is 1. The van der Waals surface area contributed by atoms with Gasteiger partial charge in [-0.3, -0.25) is 4.79 Å². The van der Waals surface area contributed by atoms with Crippen molar-refractivity contribution in [3.63, 3.8) is 0 Å². The molecule has 0 saturated heterocycles. The topological polar surface area (TPSA) is 46.5 Å². The Labute approximate surface area is 122 Å². The molecule has 0 aliphatic heterocycles. The molecule has 2 atom stereocenters.